The second-order valence-electron chi connectivity index (χ2n) is 4.75. The standard InChI is InChI=1S/C14H14N4OS/c1-8-3-4-12-11(5-8)10(9(2)16-12)6-13(19)17-14-18-15-7-20-14/h3-5,7,16H,6H2,1-2H3,(H,17,18,19). The molecule has 5 nitrogen and oxygen atoms in total. The monoisotopic (exact) mass is 286 g/mol. The molecular weight excluding hydrogens is 272 g/mol. The highest BCUT2D eigenvalue weighted by atomic mass is 32.1. The van der Waals surface area contributed by atoms with Gasteiger partial charge in [-0.3, -0.25) is 4.79 Å². The predicted molar refractivity (Wildman–Crippen MR) is 80.0 cm³/mol. The fourth-order valence-corrected chi connectivity index (χ4v) is 2.74. The lowest BCUT2D eigenvalue weighted by molar-refractivity contribution is -0.115. The van der Waals surface area contributed by atoms with Crippen molar-refractivity contribution < 1.29 is 4.79 Å². The number of carbonyl (C=O) groups excluding carboxylic acids is 1. The highest BCUT2D eigenvalue weighted by Crippen LogP contribution is 2.24. The van der Waals surface area contributed by atoms with Crippen LogP contribution in [0.2, 0.25) is 0 Å². The van der Waals surface area contributed by atoms with Gasteiger partial charge in [-0.1, -0.05) is 23.0 Å². The van der Waals surface area contributed by atoms with E-state index in [1.807, 2.05) is 19.9 Å². The van der Waals surface area contributed by atoms with E-state index in [0.717, 1.165) is 22.2 Å². The molecule has 0 saturated carbocycles. The maximum absolute atomic E-state index is 12.1. The largest absolute Gasteiger partial charge is 0.358 e. The van der Waals surface area contributed by atoms with E-state index in [1.54, 1.807) is 5.51 Å². The van der Waals surface area contributed by atoms with Crippen LogP contribution in [0.25, 0.3) is 10.9 Å². The number of fused-ring (bicyclic) bond motifs is 1. The van der Waals surface area contributed by atoms with Crippen molar-refractivity contribution in [3.63, 3.8) is 0 Å². The molecule has 2 aromatic heterocycles. The molecular formula is C14H14N4OS. The van der Waals surface area contributed by atoms with Crippen molar-refractivity contribution in [2.75, 3.05) is 5.32 Å². The first-order valence-corrected chi connectivity index (χ1v) is 7.15. The third-order valence-electron chi connectivity index (χ3n) is 3.22. The molecule has 0 radical (unpaired) electrons. The second-order valence-corrected chi connectivity index (χ2v) is 5.58. The van der Waals surface area contributed by atoms with Crippen molar-refractivity contribution in [3.8, 4) is 0 Å². The summed E-state index contributed by atoms with van der Waals surface area (Å²) in [6.07, 6.45) is 0.328. The van der Waals surface area contributed by atoms with E-state index in [2.05, 4.69) is 32.6 Å². The number of carbonyl (C=O) groups is 1. The maximum atomic E-state index is 12.1. The van der Waals surface area contributed by atoms with Crippen LogP contribution in [0.4, 0.5) is 5.13 Å². The SMILES string of the molecule is Cc1ccc2[nH]c(C)c(CC(=O)Nc3nncs3)c2c1. The van der Waals surface area contributed by atoms with Gasteiger partial charge in [-0.05, 0) is 31.5 Å². The number of rotatable bonds is 3. The molecule has 2 N–H and O–H groups in total. The summed E-state index contributed by atoms with van der Waals surface area (Å²) in [5.41, 5.74) is 5.90. The Bertz CT molecular complexity index is 761. The molecule has 0 aliphatic carbocycles. The van der Waals surface area contributed by atoms with Crippen molar-refractivity contribution in [2.45, 2.75) is 20.3 Å². The summed E-state index contributed by atoms with van der Waals surface area (Å²) in [5, 5.41) is 11.9. The highest BCUT2D eigenvalue weighted by Gasteiger charge is 2.13. The van der Waals surface area contributed by atoms with E-state index in [-0.39, 0.29) is 5.91 Å². The number of aromatic nitrogens is 3. The lowest BCUT2D eigenvalue weighted by Crippen LogP contribution is -2.14. The summed E-state index contributed by atoms with van der Waals surface area (Å²) in [7, 11) is 0. The van der Waals surface area contributed by atoms with Crippen LogP contribution in [-0.4, -0.2) is 21.1 Å². The summed E-state index contributed by atoms with van der Waals surface area (Å²) in [6.45, 7) is 4.04. The summed E-state index contributed by atoms with van der Waals surface area (Å²) in [4.78, 5) is 15.4. The Kier molecular flexibility index (Phi) is 3.23. The summed E-state index contributed by atoms with van der Waals surface area (Å²) < 4.78 is 0. The first kappa shape index (κ1) is 12.8. The van der Waals surface area contributed by atoms with Crippen LogP contribution in [0.3, 0.4) is 0 Å². The van der Waals surface area contributed by atoms with Gasteiger partial charge in [0.15, 0.2) is 0 Å². The van der Waals surface area contributed by atoms with Gasteiger partial charge in [0.25, 0.3) is 0 Å². The average molecular weight is 286 g/mol. The van der Waals surface area contributed by atoms with E-state index in [4.69, 9.17) is 0 Å². The first-order chi connectivity index (χ1) is 9.63. The van der Waals surface area contributed by atoms with Crippen molar-refractivity contribution in [3.05, 3.63) is 40.5 Å². The summed E-state index contributed by atoms with van der Waals surface area (Å²) >= 11 is 1.31. The number of hydrogen-bond acceptors (Lipinski definition) is 4. The number of aryl methyl sites for hydroxylation is 2. The predicted octanol–water partition coefficient (Wildman–Crippen LogP) is 2.82. The zero-order valence-corrected chi connectivity index (χ0v) is 12.0. The zero-order chi connectivity index (χ0) is 14.1. The molecule has 1 amide bonds. The zero-order valence-electron chi connectivity index (χ0n) is 11.2. The lowest BCUT2D eigenvalue weighted by atomic mass is 10.1. The van der Waals surface area contributed by atoms with Crippen LogP contribution in [0.5, 0.6) is 0 Å². The van der Waals surface area contributed by atoms with E-state index >= 15 is 0 Å². The van der Waals surface area contributed by atoms with Crippen LogP contribution in [0, 0.1) is 13.8 Å². The molecule has 20 heavy (non-hydrogen) atoms. The van der Waals surface area contributed by atoms with Crippen LogP contribution in [0.15, 0.2) is 23.7 Å². The quantitative estimate of drug-likeness (QED) is 0.777. The molecule has 1 aromatic carbocycles. The number of amides is 1. The van der Waals surface area contributed by atoms with Crippen LogP contribution >= 0.6 is 11.3 Å². The second kappa shape index (κ2) is 5.05. The van der Waals surface area contributed by atoms with E-state index in [9.17, 15) is 4.79 Å². The maximum Gasteiger partial charge on any atom is 0.230 e. The van der Waals surface area contributed by atoms with Gasteiger partial charge in [-0.2, -0.15) is 0 Å². The number of benzene rings is 1. The Hall–Kier alpha value is -2.21. The molecule has 3 aromatic rings. The normalized spacial score (nSPS) is 10.9. The van der Waals surface area contributed by atoms with E-state index in [1.165, 1.54) is 16.9 Å². The molecule has 0 atom stereocenters. The van der Waals surface area contributed by atoms with Gasteiger partial charge in [0, 0.05) is 16.6 Å². The molecule has 0 spiro atoms. The lowest BCUT2D eigenvalue weighted by Gasteiger charge is -2.02. The van der Waals surface area contributed by atoms with Crippen molar-refractivity contribution in [1.82, 2.24) is 15.2 Å². The summed E-state index contributed by atoms with van der Waals surface area (Å²) in [6, 6.07) is 6.21. The van der Waals surface area contributed by atoms with Gasteiger partial charge in [0.1, 0.15) is 5.51 Å². The van der Waals surface area contributed by atoms with Gasteiger partial charge in [-0.25, -0.2) is 0 Å². The van der Waals surface area contributed by atoms with Gasteiger partial charge in [0.2, 0.25) is 11.0 Å². The molecule has 2 heterocycles. The number of nitrogens with one attached hydrogen (secondary N) is 2. The third kappa shape index (κ3) is 2.42. The number of aromatic amines is 1. The Balaban J connectivity index is 1.88. The van der Waals surface area contributed by atoms with Crippen molar-refractivity contribution in [1.29, 1.82) is 0 Å². The molecule has 0 saturated heterocycles. The molecule has 6 heteroatoms. The van der Waals surface area contributed by atoms with E-state index < -0.39 is 0 Å². The van der Waals surface area contributed by atoms with Crippen LogP contribution in [0.1, 0.15) is 16.8 Å². The Labute approximate surface area is 120 Å². The topological polar surface area (TPSA) is 70.7 Å². The molecule has 0 unspecified atom stereocenters. The number of anilines is 1. The fourth-order valence-electron chi connectivity index (χ4n) is 2.28. The van der Waals surface area contributed by atoms with Gasteiger partial charge >= 0.3 is 0 Å². The number of nitrogens with zero attached hydrogens (tertiary/aromatic N) is 2. The van der Waals surface area contributed by atoms with Gasteiger partial charge < -0.3 is 10.3 Å². The minimum absolute atomic E-state index is 0.0766. The molecule has 102 valence electrons. The molecule has 0 aliphatic rings. The molecule has 0 aliphatic heterocycles. The highest BCUT2D eigenvalue weighted by molar-refractivity contribution is 7.13. The Morgan fingerprint density at radius 1 is 1.40 bits per heavy atom. The minimum atomic E-state index is -0.0766. The first-order valence-electron chi connectivity index (χ1n) is 6.27. The minimum Gasteiger partial charge on any atom is -0.358 e. The fraction of sp³-hybridized carbons (Fsp3) is 0.214. The molecule has 0 fully saturated rings. The van der Waals surface area contributed by atoms with Crippen LogP contribution < -0.4 is 5.32 Å². The number of hydrogen-bond donors (Lipinski definition) is 2. The Morgan fingerprint density at radius 2 is 2.25 bits per heavy atom. The van der Waals surface area contributed by atoms with Crippen molar-refractivity contribution in [2.24, 2.45) is 0 Å². The van der Waals surface area contributed by atoms with Gasteiger partial charge in [-0.15, -0.1) is 10.2 Å². The average Bonchev–Trinajstić information content (AvgIpc) is 3.00. The Morgan fingerprint density at radius 3 is 3.00 bits per heavy atom. The molecule has 3 rings (SSSR count). The van der Waals surface area contributed by atoms with Gasteiger partial charge in [0.05, 0.1) is 6.42 Å². The number of H-pyrrole nitrogens is 1. The molecule has 0 bridgehead atoms. The summed E-state index contributed by atoms with van der Waals surface area (Å²) in [5.74, 6) is -0.0766. The van der Waals surface area contributed by atoms with Crippen LogP contribution in [-0.2, 0) is 11.2 Å². The van der Waals surface area contributed by atoms with E-state index in [0.29, 0.717) is 11.6 Å². The third-order valence-corrected chi connectivity index (χ3v) is 3.83. The smallest absolute Gasteiger partial charge is 0.230 e. The van der Waals surface area contributed by atoms with Crippen molar-refractivity contribution >= 4 is 33.3 Å².